The minimum atomic E-state index is -0.726. The number of hydrogen-bond donors (Lipinski definition) is 1. The fraction of sp³-hybridized carbons (Fsp3) is 0.238. The van der Waals surface area contributed by atoms with Gasteiger partial charge >= 0.3 is 0 Å². The van der Waals surface area contributed by atoms with Crippen molar-refractivity contribution < 1.29 is 9.32 Å². The van der Waals surface area contributed by atoms with Crippen LogP contribution in [0.3, 0.4) is 0 Å². The molecule has 4 rings (SSSR count). The Balaban J connectivity index is 1.38. The highest BCUT2D eigenvalue weighted by atomic mass is 32.2. The first kappa shape index (κ1) is 19.6. The summed E-state index contributed by atoms with van der Waals surface area (Å²) in [6.07, 6.45) is 0. The van der Waals surface area contributed by atoms with E-state index in [1.807, 2.05) is 56.3 Å². The van der Waals surface area contributed by atoms with Crippen LogP contribution < -0.4 is 5.32 Å². The van der Waals surface area contributed by atoms with Crippen molar-refractivity contribution in [2.24, 2.45) is 0 Å². The molecule has 0 aliphatic heterocycles. The van der Waals surface area contributed by atoms with Gasteiger partial charge in [-0.25, -0.2) is 4.98 Å². The van der Waals surface area contributed by atoms with Crippen LogP contribution in [0.5, 0.6) is 0 Å². The first-order valence-electron chi connectivity index (χ1n) is 9.11. The van der Waals surface area contributed by atoms with E-state index in [1.54, 1.807) is 30.0 Å². The van der Waals surface area contributed by atoms with Crippen LogP contribution in [0.25, 0.3) is 10.2 Å². The highest BCUT2D eigenvalue weighted by molar-refractivity contribution is 8.00. The second-order valence-corrected chi connectivity index (χ2v) is 9.40. The van der Waals surface area contributed by atoms with E-state index in [4.69, 9.17) is 4.52 Å². The van der Waals surface area contributed by atoms with Gasteiger partial charge in [0.15, 0.2) is 10.2 Å². The van der Waals surface area contributed by atoms with Crippen LogP contribution in [-0.2, 0) is 11.3 Å². The molecule has 148 valence electrons. The second-order valence-electron chi connectivity index (χ2n) is 7.15. The van der Waals surface area contributed by atoms with Gasteiger partial charge < -0.3 is 9.84 Å². The number of rotatable bonds is 6. The van der Waals surface area contributed by atoms with E-state index < -0.39 is 5.54 Å². The summed E-state index contributed by atoms with van der Waals surface area (Å²) in [6, 6.07) is 15.8. The van der Waals surface area contributed by atoms with E-state index >= 15 is 0 Å². The van der Waals surface area contributed by atoms with E-state index in [0.29, 0.717) is 17.3 Å². The zero-order chi connectivity index (χ0) is 20.4. The summed E-state index contributed by atoms with van der Waals surface area (Å²) in [6.45, 7) is 5.41. The molecule has 0 fully saturated rings. The van der Waals surface area contributed by atoms with Crippen molar-refractivity contribution in [3.05, 3.63) is 71.4 Å². The molecule has 0 radical (unpaired) electrons. The van der Waals surface area contributed by atoms with Gasteiger partial charge in [-0.05, 0) is 43.7 Å². The third-order valence-corrected chi connectivity index (χ3v) is 6.62. The Hall–Kier alpha value is -2.71. The van der Waals surface area contributed by atoms with Crippen LogP contribution in [0.2, 0.25) is 0 Å². The number of amides is 1. The molecule has 0 aliphatic carbocycles. The summed E-state index contributed by atoms with van der Waals surface area (Å²) in [5.41, 5.74) is 2.04. The minimum absolute atomic E-state index is 0.178. The summed E-state index contributed by atoms with van der Waals surface area (Å²) < 4.78 is 7.26. The minimum Gasteiger partial charge on any atom is -0.340 e. The Morgan fingerprint density at radius 2 is 1.90 bits per heavy atom. The van der Waals surface area contributed by atoms with Gasteiger partial charge in [0.05, 0.1) is 15.8 Å². The number of benzene rings is 2. The topological polar surface area (TPSA) is 80.9 Å². The highest BCUT2D eigenvalue weighted by Crippen LogP contribution is 2.31. The Morgan fingerprint density at radius 1 is 1.14 bits per heavy atom. The lowest BCUT2D eigenvalue weighted by molar-refractivity contribution is 0.0907. The molecule has 8 heteroatoms. The molecule has 0 saturated carbocycles. The lowest BCUT2D eigenvalue weighted by atomic mass is 10.0. The molecule has 6 nitrogen and oxygen atoms in total. The largest absolute Gasteiger partial charge is 0.340 e. The molecule has 29 heavy (non-hydrogen) atoms. The lowest BCUT2D eigenvalue weighted by Gasteiger charge is -2.22. The van der Waals surface area contributed by atoms with Gasteiger partial charge in [0.2, 0.25) is 5.89 Å². The molecule has 4 aromatic rings. The number of thiazole rings is 1. The second kappa shape index (κ2) is 7.96. The maximum Gasteiger partial charge on any atom is 0.252 e. The van der Waals surface area contributed by atoms with Crippen LogP contribution in [-0.4, -0.2) is 21.0 Å². The summed E-state index contributed by atoms with van der Waals surface area (Å²) in [5, 5.41) is 6.87. The summed E-state index contributed by atoms with van der Waals surface area (Å²) in [4.78, 5) is 21.5. The quantitative estimate of drug-likeness (QED) is 0.441. The molecule has 2 heterocycles. The zero-order valence-electron chi connectivity index (χ0n) is 16.3. The first-order valence-corrected chi connectivity index (χ1v) is 10.9. The predicted molar refractivity (Wildman–Crippen MR) is 115 cm³/mol. The first-order chi connectivity index (χ1) is 13.9. The van der Waals surface area contributed by atoms with Crippen molar-refractivity contribution in [2.75, 3.05) is 0 Å². The zero-order valence-corrected chi connectivity index (χ0v) is 17.9. The number of carbonyl (C=O) groups is 1. The van der Waals surface area contributed by atoms with E-state index in [0.717, 1.165) is 21.2 Å². The monoisotopic (exact) mass is 424 g/mol. The number of nitrogens with zero attached hydrogens (tertiary/aromatic N) is 3. The molecule has 0 aliphatic rings. The molecule has 0 spiro atoms. The van der Waals surface area contributed by atoms with Crippen LogP contribution >= 0.6 is 23.1 Å². The molecule has 0 atom stereocenters. The van der Waals surface area contributed by atoms with Crippen molar-refractivity contribution in [1.82, 2.24) is 20.4 Å². The van der Waals surface area contributed by atoms with Gasteiger partial charge in [-0.1, -0.05) is 41.2 Å². The number of aryl methyl sites for hydroxylation is 1. The SMILES string of the molecule is Cc1nc(C(C)(C)NC(=O)c2ccc(CSc3nc4ccccc4s3)cc2)no1. The molecule has 0 unspecified atom stereocenters. The lowest BCUT2D eigenvalue weighted by Crippen LogP contribution is -2.41. The number of aromatic nitrogens is 3. The molecular weight excluding hydrogens is 404 g/mol. The summed E-state index contributed by atoms with van der Waals surface area (Å²) in [7, 11) is 0. The van der Waals surface area contributed by atoms with Crippen LogP contribution in [0.15, 0.2) is 57.4 Å². The average Bonchev–Trinajstić information content (AvgIpc) is 3.32. The fourth-order valence-corrected chi connectivity index (χ4v) is 4.80. The standard InChI is InChI=1S/C21H20N4O2S2/c1-13-22-19(25-27-13)21(2,3)24-18(26)15-10-8-14(9-11-15)12-28-20-23-16-6-4-5-7-17(16)29-20/h4-11H,12H2,1-3H3,(H,24,26). The highest BCUT2D eigenvalue weighted by Gasteiger charge is 2.28. The Morgan fingerprint density at radius 3 is 2.59 bits per heavy atom. The Kier molecular flexibility index (Phi) is 5.38. The molecular formula is C21H20N4O2S2. The number of carbonyl (C=O) groups excluding carboxylic acids is 1. The molecule has 1 amide bonds. The van der Waals surface area contributed by atoms with Gasteiger partial charge in [0.1, 0.15) is 0 Å². The third-order valence-electron chi connectivity index (χ3n) is 4.37. The number of fused-ring (bicyclic) bond motifs is 1. The molecule has 0 saturated heterocycles. The number of nitrogens with one attached hydrogen (secondary N) is 1. The smallest absolute Gasteiger partial charge is 0.252 e. The molecule has 0 bridgehead atoms. The van der Waals surface area contributed by atoms with Gasteiger partial charge in [-0.3, -0.25) is 4.79 Å². The van der Waals surface area contributed by atoms with E-state index in [9.17, 15) is 4.79 Å². The maximum atomic E-state index is 12.6. The van der Waals surface area contributed by atoms with Crippen molar-refractivity contribution >= 4 is 39.2 Å². The van der Waals surface area contributed by atoms with Gasteiger partial charge in [-0.15, -0.1) is 11.3 Å². The summed E-state index contributed by atoms with van der Waals surface area (Å²) >= 11 is 3.40. The van der Waals surface area contributed by atoms with Crippen LogP contribution in [0.4, 0.5) is 0 Å². The van der Waals surface area contributed by atoms with Crippen molar-refractivity contribution in [3.63, 3.8) is 0 Å². The van der Waals surface area contributed by atoms with E-state index in [2.05, 4.69) is 26.5 Å². The molecule has 2 aromatic carbocycles. The van der Waals surface area contributed by atoms with Gasteiger partial charge in [-0.2, -0.15) is 4.98 Å². The van der Waals surface area contributed by atoms with Crippen LogP contribution in [0, 0.1) is 6.92 Å². The molecule has 1 N–H and O–H groups in total. The number of thioether (sulfide) groups is 1. The Labute approximate surface area is 176 Å². The fourth-order valence-electron chi connectivity index (χ4n) is 2.78. The van der Waals surface area contributed by atoms with Gasteiger partial charge in [0, 0.05) is 18.2 Å². The van der Waals surface area contributed by atoms with Gasteiger partial charge in [0.25, 0.3) is 5.91 Å². The maximum absolute atomic E-state index is 12.6. The van der Waals surface area contributed by atoms with Crippen molar-refractivity contribution in [1.29, 1.82) is 0 Å². The average molecular weight is 425 g/mol. The normalized spacial score (nSPS) is 11.7. The Bertz CT molecular complexity index is 1120. The predicted octanol–water partition coefficient (Wildman–Crippen LogP) is 4.95. The van der Waals surface area contributed by atoms with Crippen molar-refractivity contribution in [2.45, 2.75) is 36.4 Å². The van der Waals surface area contributed by atoms with Crippen molar-refractivity contribution in [3.8, 4) is 0 Å². The molecule has 2 aromatic heterocycles. The number of hydrogen-bond acceptors (Lipinski definition) is 7. The van der Waals surface area contributed by atoms with E-state index in [1.165, 1.54) is 4.70 Å². The van der Waals surface area contributed by atoms with E-state index in [-0.39, 0.29) is 5.91 Å². The summed E-state index contributed by atoms with van der Waals surface area (Å²) in [5.74, 6) is 1.54. The third kappa shape index (κ3) is 4.49. The number of para-hydroxylation sites is 1. The van der Waals surface area contributed by atoms with Crippen LogP contribution in [0.1, 0.15) is 41.5 Å².